The van der Waals surface area contributed by atoms with Crippen molar-refractivity contribution < 1.29 is 4.39 Å². The van der Waals surface area contributed by atoms with Gasteiger partial charge in [-0.3, -0.25) is 5.10 Å². The Morgan fingerprint density at radius 1 is 1.48 bits per heavy atom. The van der Waals surface area contributed by atoms with E-state index in [1.165, 1.54) is 6.07 Å². The Kier molecular flexibility index (Phi) is 4.07. The molecule has 7 heteroatoms. The molecule has 112 valence electrons. The van der Waals surface area contributed by atoms with Crippen molar-refractivity contribution in [3.05, 3.63) is 40.4 Å². The molecule has 0 radical (unpaired) electrons. The molecule has 1 aliphatic heterocycles. The third kappa shape index (κ3) is 3.16. The average molecular weight is 310 g/mol. The number of nitrogens with zero attached hydrogens (tertiary/aromatic N) is 3. The van der Waals surface area contributed by atoms with Crippen LogP contribution in [0.25, 0.3) is 0 Å². The fourth-order valence-electron chi connectivity index (χ4n) is 2.49. The summed E-state index contributed by atoms with van der Waals surface area (Å²) in [6.07, 6.45) is 0.306. The number of hydrogen-bond donors (Lipinski definition) is 2. The molecular formula is C14H17ClFN5. The molecule has 1 unspecified atom stereocenters. The highest BCUT2D eigenvalue weighted by atomic mass is 35.5. The van der Waals surface area contributed by atoms with E-state index in [1.54, 1.807) is 12.1 Å². The molecule has 0 spiro atoms. The summed E-state index contributed by atoms with van der Waals surface area (Å²) < 4.78 is 13.8. The predicted octanol–water partition coefficient (Wildman–Crippen LogP) is 1.99. The number of hydrogen-bond acceptors (Lipinski definition) is 4. The van der Waals surface area contributed by atoms with Crippen molar-refractivity contribution in [2.24, 2.45) is 0 Å². The zero-order chi connectivity index (χ0) is 14.8. The van der Waals surface area contributed by atoms with Crippen molar-refractivity contribution in [1.82, 2.24) is 20.5 Å². The highest BCUT2D eigenvalue weighted by molar-refractivity contribution is 6.31. The number of halogens is 2. The van der Waals surface area contributed by atoms with Crippen LogP contribution in [0.4, 0.5) is 10.3 Å². The van der Waals surface area contributed by atoms with Crippen molar-refractivity contribution in [2.75, 3.05) is 24.5 Å². The van der Waals surface area contributed by atoms with Gasteiger partial charge in [0.05, 0.1) is 0 Å². The summed E-state index contributed by atoms with van der Waals surface area (Å²) in [4.78, 5) is 6.57. The summed E-state index contributed by atoms with van der Waals surface area (Å²) in [5, 5.41) is 10.9. The van der Waals surface area contributed by atoms with E-state index in [1.807, 2.05) is 0 Å². The molecular weight excluding hydrogens is 293 g/mol. The van der Waals surface area contributed by atoms with E-state index in [9.17, 15) is 4.39 Å². The molecule has 21 heavy (non-hydrogen) atoms. The highest BCUT2D eigenvalue weighted by Gasteiger charge is 2.19. The molecule has 3 rings (SSSR count). The second-order valence-corrected chi connectivity index (χ2v) is 5.67. The molecule has 0 bridgehead atoms. The maximum Gasteiger partial charge on any atom is 0.244 e. The van der Waals surface area contributed by atoms with Crippen LogP contribution in [0.1, 0.15) is 18.3 Å². The van der Waals surface area contributed by atoms with Gasteiger partial charge in [-0.05, 0) is 19.1 Å². The van der Waals surface area contributed by atoms with Gasteiger partial charge in [-0.15, -0.1) is 5.10 Å². The first kappa shape index (κ1) is 14.3. The van der Waals surface area contributed by atoms with Gasteiger partial charge >= 0.3 is 0 Å². The molecule has 1 aromatic heterocycles. The van der Waals surface area contributed by atoms with Crippen LogP contribution >= 0.6 is 11.6 Å². The van der Waals surface area contributed by atoms with Crippen LogP contribution in [0.5, 0.6) is 0 Å². The van der Waals surface area contributed by atoms with Gasteiger partial charge in [-0.25, -0.2) is 4.39 Å². The van der Waals surface area contributed by atoms with Gasteiger partial charge in [0.1, 0.15) is 11.6 Å². The predicted molar refractivity (Wildman–Crippen MR) is 80.3 cm³/mol. The molecule has 2 N–H and O–H groups in total. The average Bonchev–Trinajstić information content (AvgIpc) is 2.92. The summed E-state index contributed by atoms with van der Waals surface area (Å²) in [7, 11) is 0. The minimum absolute atomic E-state index is 0.306. The Hall–Kier alpha value is -1.66. The zero-order valence-electron chi connectivity index (χ0n) is 11.7. The minimum Gasteiger partial charge on any atom is -0.337 e. The lowest BCUT2D eigenvalue weighted by Gasteiger charge is -2.30. The molecule has 0 amide bonds. The number of benzene rings is 1. The van der Waals surface area contributed by atoms with Crippen LogP contribution in [0.3, 0.4) is 0 Å². The summed E-state index contributed by atoms with van der Waals surface area (Å²) in [6, 6.07) is 5.07. The van der Waals surface area contributed by atoms with Crippen molar-refractivity contribution in [3.8, 4) is 0 Å². The quantitative estimate of drug-likeness (QED) is 0.910. The normalized spacial score (nSPS) is 19.0. The molecule has 1 aromatic carbocycles. The Balaban J connectivity index is 1.76. The summed E-state index contributed by atoms with van der Waals surface area (Å²) >= 11 is 6.03. The van der Waals surface area contributed by atoms with Gasteiger partial charge in [0, 0.05) is 42.7 Å². The fraction of sp³-hybridized carbons (Fsp3) is 0.429. The van der Waals surface area contributed by atoms with Crippen LogP contribution in [-0.2, 0) is 6.42 Å². The van der Waals surface area contributed by atoms with Crippen molar-refractivity contribution in [1.29, 1.82) is 0 Å². The molecule has 1 atom stereocenters. The lowest BCUT2D eigenvalue weighted by Crippen LogP contribution is -2.49. The topological polar surface area (TPSA) is 56.8 Å². The summed E-state index contributed by atoms with van der Waals surface area (Å²) in [5.41, 5.74) is 0.440. The van der Waals surface area contributed by atoms with E-state index in [-0.39, 0.29) is 5.82 Å². The van der Waals surface area contributed by atoms with E-state index < -0.39 is 0 Å². The number of rotatable bonds is 3. The van der Waals surface area contributed by atoms with Crippen molar-refractivity contribution in [3.63, 3.8) is 0 Å². The maximum atomic E-state index is 13.8. The molecule has 2 aromatic rings. The lowest BCUT2D eigenvalue weighted by atomic mass is 10.1. The molecule has 1 saturated heterocycles. The number of anilines is 1. The number of aromatic nitrogens is 3. The van der Waals surface area contributed by atoms with Gasteiger partial charge in [-0.1, -0.05) is 17.7 Å². The largest absolute Gasteiger partial charge is 0.337 e. The van der Waals surface area contributed by atoms with Gasteiger partial charge in [0.2, 0.25) is 5.95 Å². The number of H-pyrrole nitrogens is 1. The smallest absolute Gasteiger partial charge is 0.244 e. The Bertz CT molecular complexity index is 609. The standard InChI is InChI=1S/C14H17ClFN5/c1-9-8-21(6-5-17-9)14-18-13(19-20-14)7-10-11(15)3-2-4-12(10)16/h2-4,9,17H,5-8H2,1H3,(H,18,19,20). The first-order chi connectivity index (χ1) is 10.1. The Morgan fingerprint density at radius 3 is 3.10 bits per heavy atom. The van der Waals surface area contributed by atoms with E-state index in [4.69, 9.17) is 11.6 Å². The molecule has 1 aliphatic rings. The van der Waals surface area contributed by atoms with Crippen LogP contribution in [-0.4, -0.2) is 40.9 Å². The summed E-state index contributed by atoms with van der Waals surface area (Å²) in [5.74, 6) is 0.949. The van der Waals surface area contributed by atoms with E-state index >= 15 is 0 Å². The summed E-state index contributed by atoms with van der Waals surface area (Å²) in [6.45, 7) is 4.75. The third-order valence-electron chi connectivity index (χ3n) is 3.58. The second-order valence-electron chi connectivity index (χ2n) is 5.26. The van der Waals surface area contributed by atoms with Gasteiger partial charge in [0.25, 0.3) is 0 Å². The van der Waals surface area contributed by atoms with E-state index in [2.05, 4.69) is 32.3 Å². The van der Waals surface area contributed by atoms with Crippen molar-refractivity contribution in [2.45, 2.75) is 19.4 Å². The third-order valence-corrected chi connectivity index (χ3v) is 3.93. The molecule has 1 fully saturated rings. The monoisotopic (exact) mass is 309 g/mol. The van der Waals surface area contributed by atoms with Crippen LogP contribution in [0, 0.1) is 5.82 Å². The Morgan fingerprint density at radius 2 is 2.33 bits per heavy atom. The SMILES string of the molecule is CC1CN(c2n[nH]c(Cc3c(F)cccc3Cl)n2)CCN1. The van der Waals surface area contributed by atoms with Gasteiger partial charge < -0.3 is 10.2 Å². The Labute approximate surface area is 127 Å². The van der Waals surface area contributed by atoms with Crippen LogP contribution < -0.4 is 10.2 Å². The zero-order valence-corrected chi connectivity index (χ0v) is 12.5. The first-order valence-corrected chi connectivity index (χ1v) is 7.34. The lowest BCUT2D eigenvalue weighted by molar-refractivity contribution is 0.480. The van der Waals surface area contributed by atoms with Crippen LogP contribution in [0.15, 0.2) is 18.2 Å². The van der Waals surface area contributed by atoms with Gasteiger partial charge in [-0.2, -0.15) is 4.98 Å². The fourth-order valence-corrected chi connectivity index (χ4v) is 2.72. The van der Waals surface area contributed by atoms with Gasteiger partial charge in [0.15, 0.2) is 0 Å². The molecule has 0 saturated carbocycles. The molecule has 2 heterocycles. The minimum atomic E-state index is -0.323. The maximum absolute atomic E-state index is 13.8. The van der Waals surface area contributed by atoms with E-state index in [0.29, 0.717) is 34.8 Å². The molecule has 5 nitrogen and oxygen atoms in total. The van der Waals surface area contributed by atoms with Crippen molar-refractivity contribution >= 4 is 17.5 Å². The number of piperazine rings is 1. The highest BCUT2D eigenvalue weighted by Crippen LogP contribution is 2.21. The van der Waals surface area contributed by atoms with E-state index in [0.717, 1.165) is 19.6 Å². The molecule has 0 aliphatic carbocycles. The first-order valence-electron chi connectivity index (χ1n) is 6.96. The number of aromatic amines is 1. The second kappa shape index (κ2) is 5.99. The number of nitrogens with one attached hydrogen (secondary N) is 2. The van der Waals surface area contributed by atoms with Crippen LogP contribution in [0.2, 0.25) is 5.02 Å².